The van der Waals surface area contributed by atoms with Crippen LogP contribution in [0.1, 0.15) is 44.5 Å². The monoisotopic (exact) mass is 1040 g/mol. The molecule has 0 unspecified atom stereocenters. The molecule has 6 aromatic rings. The molecule has 372 valence electrons. The molecule has 0 aliphatic rings. The van der Waals surface area contributed by atoms with Crippen LogP contribution in [-0.4, -0.2) is 61.4 Å². The van der Waals surface area contributed by atoms with Gasteiger partial charge in [0.1, 0.15) is 11.5 Å². The molecule has 0 aliphatic carbocycles. The average molecular weight is 1040 g/mol. The Bertz CT molecular complexity index is 3070. The smallest absolute Gasteiger partial charge is 0.508 e. The summed E-state index contributed by atoms with van der Waals surface area (Å²) in [6.45, 7) is 15.8. The first-order chi connectivity index (χ1) is 32.0. The van der Waals surface area contributed by atoms with E-state index in [-0.39, 0.29) is 5.75 Å². The van der Waals surface area contributed by atoms with E-state index in [1.165, 1.54) is 45.3 Å². The zero-order valence-corrected chi connectivity index (χ0v) is 40.8. The topological polar surface area (TPSA) is 141 Å². The van der Waals surface area contributed by atoms with Gasteiger partial charge in [0, 0.05) is 0 Å². The summed E-state index contributed by atoms with van der Waals surface area (Å²) in [5.74, 6) is -0.0348. The highest BCUT2D eigenvalue weighted by Gasteiger charge is 2.57. The molecular formula is C47H43B2F9O9S3. The molecule has 6 aromatic carbocycles. The Morgan fingerprint density at radius 1 is 0.386 bits per heavy atom. The number of aryl methyl sites for hydroxylation is 8. The molecule has 0 amide bonds. The Kier molecular flexibility index (Phi) is 17.6. The van der Waals surface area contributed by atoms with Gasteiger partial charge in [-0.15, -0.1) is 3.63 Å². The Morgan fingerprint density at radius 2 is 0.643 bits per heavy atom. The molecule has 0 bridgehead atoms. The summed E-state index contributed by atoms with van der Waals surface area (Å²) in [5.41, 5.74) is -0.997. The lowest BCUT2D eigenvalue weighted by Crippen LogP contribution is -2.35. The Hall–Kier alpha value is -5.77. The van der Waals surface area contributed by atoms with Gasteiger partial charge in [-0.1, -0.05) is 151 Å². The second-order valence-corrected chi connectivity index (χ2v) is 20.7. The lowest BCUT2D eigenvalue weighted by molar-refractivity contribution is -0.0586. The number of alkyl halides is 9. The fourth-order valence-electron chi connectivity index (χ4n) is 7.05. The minimum Gasteiger partial charge on any atom is -0.508 e. The summed E-state index contributed by atoms with van der Waals surface area (Å²) in [4.78, 5) is 0. The fraction of sp³-hybridized carbons (Fsp3) is 0.234. The van der Waals surface area contributed by atoms with Crippen molar-refractivity contribution in [3.05, 3.63) is 154 Å². The predicted molar refractivity (Wildman–Crippen MR) is 253 cm³/mol. The van der Waals surface area contributed by atoms with Gasteiger partial charge in [-0.25, -0.2) is 0 Å². The van der Waals surface area contributed by atoms with Crippen molar-refractivity contribution in [2.45, 2.75) is 71.9 Å². The minimum atomic E-state index is -6.85. The van der Waals surface area contributed by atoms with Gasteiger partial charge < -0.3 is 9.29 Å². The highest BCUT2D eigenvalue weighted by atomic mass is 32.3. The van der Waals surface area contributed by atoms with E-state index in [0.29, 0.717) is 16.9 Å². The van der Waals surface area contributed by atoms with Crippen LogP contribution >= 0.6 is 0 Å². The van der Waals surface area contributed by atoms with Gasteiger partial charge in [0.2, 0.25) is 0 Å². The van der Waals surface area contributed by atoms with E-state index in [4.69, 9.17) is 0 Å². The van der Waals surface area contributed by atoms with E-state index in [0.717, 1.165) is 44.3 Å². The van der Waals surface area contributed by atoms with Gasteiger partial charge in [-0.2, -0.15) is 64.8 Å². The molecule has 0 saturated heterocycles. The molecule has 70 heavy (non-hydrogen) atoms. The first-order valence-corrected chi connectivity index (χ1v) is 24.6. The molecule has 23 heteroatoms. The third kappa shape index (κ3) is 14.2. The van der Waals surface area contributed by atoms with Crippen LogP contribution in [0.4, 0.5) is 39.5 Å². The van der Waals surface area contributed by atoms with Gasteiger partial charge in [-0.3, -0.25) is 0 Å². The van der Waals surface area contributed by atoms with Crippen molar-refractivity contribution in [1.29, 1.82) is 0 Å². The summed E-state index contributed by atoms with van der Waals surface area (Å²) in [6, 6.07) is 35.4. The standard InChI is InChI=1S/C23H21BF3O3S.C22H22BO.C2F6O5S2/c1-14-10-19(18-8-6-5-7-9-18)11-15(2)21(14)24-22-16(3)12-20(13-17(22)4)30-31(28,29)23(25,26)27;1-14-10-19(18-8-6-5-7-9-18)11-15(2)21(14)23-22-16(3)12-20(24)13-17(22)4;3-1(4,5)14(9,10)13-15(11,12)2(6,7)8/h5-13H,1-4H3;5-13,24H,1-4H3;. The molecule has 0 aromatic heterocycles. The number of benzene rings is 6. The van der Waals surface area contributed by atoms with Gasteiger partial charge in [-0.05, 0) is 102 Å². The third-order valence-corrected chi connectivity index (χ3v) is 13.9. The number of rotatable bonds is 10. The lowest BCUT2D eigenvalue weighted by atomic mass is 9.58. The van der Waals surface area contributed by atoms with Crippen molar-refractivity contribution in [2.75, 3.05) is 0 Å². The molecule has 1 N–H and O–H groups in total. The molecule has 0 saturated carbocycles. The van der Waals surface area contributed by atoms with E-state index in [2.05, 4.69) is 73.8 Å². The molecular weight excluding hydrogens is 997 g/mol. The Balaban J connectivity index is 0.000000243. The van der Waals surface area contributed by atoms with Gasteiger partial charge >= 0.3 is 46.9 Å². The number of halogens is 9. The van der Waals surface area contributed by atoms with Crippen molar-refractivity contribution in [1.82, 2.24) is 0 Å². The van der Waals surface area contributed by atoms with E-state index in [9.17, 15) is 69.9 Å². The summed E-state index contributed by atoms with van der Waals surface area (Å²) in [5, 5.41) is 9.74. The predicted octanol–water partition coefficient (Wildman–Crippen LogP) is 9.12. The van der Waals surface area contributed by atoms with Crippen LogP contribution in [0, 0.1) is 55.4 Å². The normalized spacial score (nSPS) is 12.2. The maximum atomic E-state index is 12.6. The highest BCUT2D eigenvalue weighted by Crippen LogP contribution is 2.32. The lowest BCUT2D eigenvalue weighted by Gasteiger charge is -2.17. The van der Waals surface area contributed by atoms with Crippen LogP contribution in [0.5, 0.6) is 11.5 Å². The SMILES string of the molecule is Cc1cc(O)cc(C)c1[B]c1c(C)cc(-c2ccccc2)cc1C.Cc1cc(OS(=O)(=O)C(F)(F)F)cc(C)c1[B]c1c(C)cc(-c2ccccc2)cc1C.O=S(=O)(OS(=O)(=O)C(F)(F)F)C(F)(F)F. The fourth-order valence-corrected chi connectivity index (χ4v) is 9.05. The Labute approximate surface area is 402 Å². The van der Waals surface area contributed by atoms with Crippen LogP contribution in [0.2, 0.25) is 0 Å². The number of hydrogen-bond acceptors (Lipinski definition) is 9. The van der Waals surface area contributed by atoms with Crippen LogP contribution in [0.25, 0.3) is 22.3 Å². The summed E-state index contributed by atoms with van der Waals surface area (Å²) >= 11 is 0. The molecule has 0 atom stereocenters. The van der Waals surface area contributed by atoms with Gasteiger partial charge in [0.25, 0.3) is 0 Å². The second kappa shape index (κ2) is 21.7. The highest BCUT2D eigenvalue weighted by molar-refractivity contribution is 8.00. The van der Waals surface area contributed by atoms with Crippen molar-refractivity contribution in [2.24, 2.45) is 0 Å². The zero-order valence-electron chi connectivity index (χ0n) is 38.4. The van der Waals surface area contributed by atoms with Crippen molar-refractivity contribution < 1.29 is 77.7 Å². The molecule has 0 fully saturated rings. The molecule has 9 nitrogen and oxygen atoms in total. The quantitative estimate of drug-likeness (QED) is 0.0616. The van der Waals surface area contributed by atoms with E-state index in [1.54, 1.807) is 13.8 Å². The minimum absolute atomic E-state index is 0.329. The average Bonchev–Trinajstić information content (AvgIpc) is 3.21. The van der Waals surface area contributed by atoms with Gasteiger partial charge in [0.15, 0.2) is 14.6 Å². The summed E-state index contributed by atoms with van der Waals surface area (Å²) in [7, 11) is -15.2. The number of phenolic OH excluding ortho intramolecular Hbond substituents is 1. The summed E-state index contributed by atoms with van der Waals surface area (Å²) in [6.07, 6.45) is 0. The van der Waals surface area contributed by atoms with E-state index in [1.807, 2.05) is 87.1 Å². The maximum absolute atomic E-state index is 12.6. The van der Waals surface area contributed by atoms with E-state index >= 15 is 0 Å². The second-order valence-electron chi connectivity index (χ2n) is 15.9. The van der Waals surface area contributed by atoms with Crippen LogP contribution in [0.15, 0.2) is 109 Å². The third-order valence-electron chi connectivity index (χ3n) is 10.4. The first-order valence-electron chi connectivity index (χ1n) is 20.3. The largest absolute Gasteiger partial charge is 0.534 e. The molecule has 0 heterocycles. The maximum Gasteiger partial charge on any atom is 0.534 e. The van der Waals surface area contributed by atoms with E-state index < -0.39 is 46.9 Å². The molecule has 0 spiro atoms. The first kappa shape index (κ1) is 56.8. The number of aromatic hydroxyl groups is 1. The zero-order chi connectivity index (χ0) is 52.9. The van der Waals surface area contributed by atoms with Gasteiger partial charge in [0.05, 0.1) is 0 Å². The van der Waals surface area contributed by atoms with Crippen LogP contribution < -0.4 is 26.0 Å². The number of phenols is 1. The Morgan fingerprint density at radius 3 is 0.914 bits per heavy atom. The van der Waals surface area contributed by atoms with Crippen molar-refractivity contribution in [3.8, 4) is 33.8 Å². The molecule has 2 radical (unpaired) electrons. The van der Waals surface area contributed by atoms with Crippen molar-refractivity contribution in [3.63, 3.8) is 0 Å². The molecule has 0 aliphatic heterocycles. The van der Waals surface area contributed by atoms with Crippen molar-refractivity contribution >= 4 is 66.8 Å². The van der Waals surface area contributed by atoms with Crippen LogP contribution in [0.3, 0.4) is 0 Å². The summed E-state index contributed by atoms with van der Waals surface area (Å²) < 4.78 is 175. The van der Waals surface area contributed by atoms with Crippen LogP contribution in [-0.2, 0) is 34.0 Å². The molecule has 6 rings (SSSR count). The number of hydrogen-bond donors (Lipinski definition) is 1.